The van der Waals surface area contributed by atoms with Crippen molar-refractivity contribution in [3.8, 4) is 0 Å². The van der Waals surface area contributed by atoms with Gasteiger partial charge in [-0.3, -0.25) is 0 Å². The molecule has 1 aromatic rings. The first kappa shape index (κ1) is 14.6. The minimum Gasteiger partial charge on any atom is -0.478 e. The lowest BCUT2D eigenvalue weighted by molar-refractivity contribution is 0.0697. The molecule has 18 heavy (non-hydrogen) atoms. The predicted molar refractivity (Wildman–Crippen MR) is 67.7 cm³/mol. The smallest absolute Gasteiger partial charge is 0.335 e. The van der Waals surface area contributed by atoms with E-state index in [1.807, 2.05) is 0 Å². The van der Waals surface area contributed by atoms with Crippen LogP contribution in [0.3, 0.4) is 0 Å². The van der Waals surface area contributed by atoms with E-state index in [2.05, 4.69) is 4.72 Å². The Morgan fingerprint density at radius 3 is 2.39 bits per heavy atom. The van der Waals surface area contributed by atoms with Gasteiger partial charge in [0.15, 0.2) is 0 Å². The fraction of sp³-hybridized carbons (Fsp3) is 0.364. The summed E-state index contributed by atoms with van der Waals surface area (Å²) >= 11 is 0. The lowest BCUT2D eigenvalue weighted by atomic mass is 10.1. The number of carboxylic acid groups (broad SMARTS) is 1. The minimum atomic E-state index is -3.39. The van der Waals surface area contributed by atoms with Crippen molar-refractivity contribution in [1.82, 2.24) is 4.72 Å². The molecule has 0 fully saturated rings. The lowest BCUT2D eigenvalue weighted by Gasteiger charge is -2.06. The molecule has 0 spiro atoms. The Morgan fingerprint density at radius 2 is 1.89 bits per heavy atom. The molecule has 0 aliphatic carbocycles. The van der Waals surface area contributed by atoms with Crippen LogP contribution in [-0.4, -0.2) is 32.6 Å². The predicted octanol–water partition coefficient (Wildman–Crippen LogP) is 0.153. The summed E-state index contributed by atoms with van der Waals surface area (Å²) in [5.74, 6) is -1.21. The van der Waals surface area contributed by atoms with Crippen molar-refractivity contribution >= 4 is 16.0 Å². The molecule has 0 aliphatic heterocycles. The van der Waals surface area contributed by atoms with E-state index in [1.165, 1.54) is 24.3 Å². The van der Waals surface area contributed by atoms with Gasteiger partial charge in [-0.2, -0.15) is 0 Å². The third-order valence-corrected chi connectivity index (χ3v) is 3.62. The first-order valence-electron chi connectivity index (χ1n) is 5.44. The average molecular weight is 272 g/mol. The van der Waals surface area contributed by atoms with Crippen molar-refractivity contribution in [3.05, 3.63) is 35.4 Å². The molecule has 100 valence electrons. The van der Waals surface area contributed by atoms with Crippen molar-refractivity contribution in [2.75, 3.05) is 13.1 Å². The van der Waals surface area contributed by atoms with Gasteiger partial charge in [0.2, 0.25) is 10.0 Å². The fourth-order valence-corrected chi connectivity index (χ4v) is 2.53. The first-order valence-corrected chi connectivity index (χ1v) is 7.09. The summed E-state index contributed by atoms with van der Waals surface area (Å²) in [6, 6.07) is 5.75. The molecule has 0 aliphatic rings. The molecule has 7 heteroatoms. The Bertz CT molecular complexity index is 496. The molecule has 0 saturated heterocycles. The standard InChI is InChI=1S/C11H16N2O4S/c12-6-1-7-13-18(16,17)8-9-2-4-10(5-3-9)11(14)15/h2-5,13H,1,6-8,12H2,(H,14,15). The van der Waals surface area contributed by atoms with Crippen LogP contribution in [0, 0.1) is 0 Å². The fourth-order valence-electron chi connectivity index (χ4n) is 1.34. The number of hydrogen-bond donors (Lipinski definition) is 3. The number of benzene rings is 1. The number of hydrogen-bond acceptors (Lipinski definition) is 4. The van der Waals surface area contributed by atoms with Crippen molar-refractivity contribution in [2.24, 2.45) is 5.73 Å². The van der Waals surface area contributed by atoms with E-state index in [1.54, 1.807) is 0 Å². The molecule has 0 saturated carbocycles. The molecule has 0 radical (unpaired) electrons. The highest BCUT2D eigenvalue weighted by Crippen LogP contribution is 2.07. The molecule has 0 heterocycles. The van der Waals surface area contributed by atoms with E-state index in [0.717, 1.165) is 0 Å². The van der Waals surface area contributed by atoms with Crippen LogP contribution < -0.4 is 10.5 Å². The highest BCUT2D eigenvalue weighted by molar-refractivity contribution is 7.88. The van der Waals surface area contributed by atoms with E-state index in [9.17, 15) is 13.2 Å². The van der Waals surface area contributed by atoms with Gasteiger partial charge in [-0.15, -0.1) is 0 Å². The monoisotopic (exact) mass is 272 g/mol. The third-order valence-electron chi connectivity index (χ3n) is 2.26. The van der Waals surface area contributed by atoms with Crippen LogP contribution in [0.2, 0.25) is 0 Å². The maximum absolute atomic E-state index is 11.6. The Labute approximate surface area is 106 Å². The molecule has 0 bridgehead atoms. The van der Waals surface area contributed by atoms with Gasteiger partial charge < -0.3 is 10.8 Å². The molecular formula is C11H16N2O4S. The molecular weight excluding hydrogens is 256 g/mol. The summed E-state index contributed by atoms with van der Waals surface area (Å²) in [4.78, 5) is 10.6. The van der Waals surface area contributed by atoms with Crippen molar-refractivity contribution in [1.29, 1.82) is 0 Å². The van der Waals surface area contributed by atoms with Gasteiger partial charge in [-0.1, -0.05) is 12.1 Å². The van der Waals surface area contributed by atoms with Crippen LogP contribution in [0.25, 0.3) is 0 Å². The Morgan fingerprint density at radius 1 is 1.28 bits per heavy atom. The van der Waals surface area contributed by atoms with E-state index < -0.39 is 16.0 Å². The molecule has 6 nitrogen and oxygen atoms in total. The summed E-state index contributed by atoms with van der Waals surface area (Å²) in [6.07, 6.45) is 0.581. The molecule has 1 rings (SSSR count). The van der Waals surface area contributed by atoms with Gasteiger partial charge in [0.1, 0.15) is 0 Å². The van der Waals surface area contributed by atoms with Crippen molar-refractivity contribution in [3.63, 3.8) is 0 Å². The number of nitrogens with two attached hydrogens (primary N) is 1. The number of nitrogens with one attached hydrogen (secondary N) is 1. The normalized spacial score (nSPS) is 11.4. The number of rotatable bonds is 7. The molecule has 4 N–H and O–H groups in total. The topological polar surface area (TPSA) is 109 Å². The lowest BCUT2D eigenvalue weighted by Crippen LogP contribution is -2.27. The quantitative estimate of drug-likeness (QED) is 0.612. The average Bonchev–Trinajstić information content (AvgIpc) is 2.29. The van der Waals surface area contributed by atoms with Gasteiger partial charge in [0.05, 0.1) is 11.3 Å². The van der Waals surface area contributed by atoms with Crippen LogP contribution in [0.5, 0.6) is 0 Å². The zero-order valence-electron chi connectivity index (χ0n) is 9.80. The van der Waals surface area contributed by atoms with Crippen molar-refractivity contribution in [2.45, 2.75) is 12.2 Å². The second-order valence-electron chi connectivity index (χ2n) is 3.80. The van der Waals surface area contributed by atoms with Gasteiger partial charge in [-0.25, -0.2) is 17.9 Å². The highest BCUT2D eigenvalue weighted by atomic mass is 32.2. The Balaban J connectivity index is 2.63. The van der Waals surface area contributed by atoms with E-state index >= 15 is 0 Å². The van der Waals surface area contributed by atoms with E-state index in [-0.39, 0.29) is 11.3 Å². The minimum absolute atomic E-state index is 0.132. The van der Waals surface area contributed by atoms with Gasteiger partial charge >= 0.3 is 5.97 Å². The van der Waals surface area contributed by atoms with Crippen LogP contribution in [0.4, 0.5) is 0 Å². The second-order valence-corrected chi connectivity index (χ2v) is 5.60. The third kappa shape index (κ3) is 4.82. The second kappa shape index (κ2) is 6.48. The van der Waals surface area contributed by atoms with Crippen LogP contribution >= 0.6 is 0 Å². The number of carboxylic acids is 1. The van der Waals surface area contributed by atoms with Crippen molar-refractivity contribution < 1.29 is 18.3 Å². The zero-order valence-corrected chi connectivity index (χ0v) is 10.6. The van der Waals surface area contributed by atoms with Crippen LogP contribution in [-0.2, 0) is 15.8 Å². The summed E-state index contributed by atoms with van der Waals surface area (Å²) in [7, 11) is -3.39. The van der Waals surface area contributed by atoms with Crippen LogP contribution in [0.1, 0.15) is 22.3 Å². The number of aromatic carboxylic acids is 1. The molecule has 0 aromatic heterocycles. The number of sulfonamides is 1. The summed E-state index contributed by atoms with van der Waals surface area (Å²) < 4.78 is 25.7. The summed E-state index contributed by atoms with van der Waals surface area (Å²) in [6.45, 7) is 0.738. The Hall–Kier alpha value is -1.44. The summed E-state index contributed by atoms with van der Waals surface area (Å²) in [5, 5.41) is 8.71. The van der Waals surface area contributed by atoms with Gasteiger partial charge in [-0.05, 0) is 30.7 Å². The SMILES string of the molecule is NCCCNS(=O)(=O)Cc1ccc(C(=O)O)cc1. The Kier molecular flexibility index (Phi) is 5.26. The molecule has 1 aromatic carbocycles. The molecule has 0 unspecified atom stereocenters. The van der Waals surface area contributed by atoms with Gasteiger partial charge in [0, 0.05) is 6.54 Å². The van der Waals surface area contributed by atoms with E-state index in [0.29, 0.717) is 25.1 Å². The number of carbonyl (C=O) groups is 1. The maximum atomic E-state index is 11.6. The van der Waals surface area contributed by atoms with Gasteiger partial charge in [0.25, 0.3) is 0 Å². The summed E-state index contributed by atoms with van der Waals surface area (Å²) in [5.41, 5.74) is 5.94. The van der Waals surface area contributed by atoms with Crippen LogP contribution in [0.15, 0.2) is 24.3 Å². The largest absolute Gasteiger partial charge is 0.478 e. The first-order chi connectivity index (χ1) is 8.44. The maximum Gasteiger partial charge on any atom is 0.335 e. The zero-order chi connectivity index (χ0) is 13.6. The highest BCUT2D eigenvalue weighted by Gasteiger charge is 2.11. The molecule has 0 amide bonds. The van der Waals surface area contributed by atoms with E-state index in [4.69, 9.17) is 10.8 Å². The molecule has 0 atom stereocenters.